The van der Waals surface area contributed by atoms with Crippen LogP contribution in [0.4, 0.5) is 4.79 Å². The minimum atomic E-state index is -0.153. The van der Waals surface area contributed by atoms with Gasteiger partial charge in [0.2, 0.25) is 0 Å². The van der Waals surface area contributed by atoms with E-state index in [1.54, 1.807) is 0 Å². The highest BCUT2D eigenvalue weighted by molar-refractivity contribution is 5.74. The molecule has 1 rings (SSSR count). The molecule has 1 atom stereocenters. The minimum Gasteiger partial charge on any atom is -0.491 e. The Hall–Kier alpha value is -1.71. The Labute approximate surface area is 109 Å². The maximum Gasteiger partial charge on any atom is 0.315 e. The Morgan fingerprint density at radius 3 is 2.67 bits per heavy atom. The van der Waals surface area contributed by atoms with Crippen molar-refractivity contribution >= 4 is 6.03 Å². The summed E-state index contributed by atoms with van der Waals surface area (Å²) in [5.74, 6) is 0.826. The summed E-state index contributed by atoms with van der Waals surface area (Å²) in [5, 5.41) is 5.58. The van der Waals surface area contributed by atoms with Crippen LogP contribution >= 0.6 is 0 Å². The van der Waals surface area contributed by atoms with Gasteiger partial charge in [-0.15, -0.1) is 0 Å². The van der Waals surface area contributed by atoms with Gasteiger partial charge in [0.15, 0.2) is 0 Å². The van der Waals surface area contributed by atoms with E-state index in [0.29, 0.717) is 6.54 Å². The molecule has 0 aliphatic carbocycles. The van der Waals surface area contributed by atoms with Crippen LogP contribution < -0.4 is 15.4 Å². The van der Waals surface area contributed by atoms with Crippen molar-refractivity contribution in [3.63, 3.8) is 0 Å². The molecule has 0 bridgehead atoms. The number of rotatable bonds is 5. The third-order valence-electron chi connectivity index (χ3n) is 2.41. The second-order valence-electron chi connectivity index (χ2n) is 4.46. The van der Waals surface area contributed by atoms with E-state index >= 15 is 0 Å². The van der Waals surface area contributed by atoms with Gasteiger partial charge in [0, 0.05) is 6.54 Å². The van der Waals surface area contributed by atoms with Crippen LogP contribution in [0.25, 0.3) is 0 Å². The molecule has 0 heterocycles. The molecule has 0 radical (unpaired) electrons. The van der Waals surface area contributed by atoms with Gasteiger partial charge in [-0.2, -0.15) is 0 Å². The average Bonchev–Trinajstić information content (AvgIpc) is 2.28. The fraction of sp³-hybridized carbons (Fsp3) is 0.500. The minimum absolute atomic E-state index is 0.0488. The molecular weight excluding hydrogens is 228 g/mol. The van der Waals surface area contributed by atoms with Crippen molar-refractivity contribution in [2.24, 2.45) is 0 Å². The predicted octanol–water partition coefficient (Wildman–Crippen LogP) is 2.85. The summed E-state index contributed by atoms with van der Waals surface area (Å²) in [6, 6.07) is 7.58. The number of hydrogen-bond acceptors (Lipinski definition) is 2. The van der Waals surface area contributed by atoms with Gasteiger partial charge >= 0.3 is 6.03 Å². The van der Waals surface area contributed by atoms with Crippen molar-refractivity contribution in [1.29, 1.82) is 0 Å². The summed E-state index contributed by atoms with van der Waals surface area (Å²) in [6.45, 7) is 8.44. The van der Waals surface area contributed by atoms with Crippen LogP contribution in [0.15, 0.2) is 24.3 Å². The van der Waals surface area contributed by atoms with Crippen LogP contribution in [0, 0.1) is 0 Å². The van der Waals surface area contributed by atoms with Gasteiger partial charge in [-0.25, -0.2) is 4.79 Å². The second kappa shape index (κ2) is 6.89. The molecule has 0 aromatic heterocycles. The topological polar surface area (TPSA) is 50.4 Å². The van der Waals surface area contributed by atoms with Gasteiger partial charge in [-0.1, -0.05) is 12.1 Å². The fourth-order valence-electron chi connectivity index (χ4n) is 1.62. The van der Waals surface area contributed by atoms with Crippen molar-refractivity contribution in [3.05, 3.63) is 29.8 Å². The van der Waals surface area contributed by atoms with Crippen LogP contribution in [-0.4, -0.2) is 18.7 Å². The number of carbonyl (C=O) groups excluding carboxylic acids is 1. The monoisotopic (exact) mass is 250 g/mol. The molecule has 2 amide bonds. The lowest BCUT2D eigenvalue weighted by molar-refractivity contribution is 0.237. The number of nitrogens with one attached hydrogen (secondary N) is 2. The Balaban J connectivity index is 2.67. The maximum atomic E-state index is 11.4. The number of amides is 2. The summed E-state index contributed by atoms with van der Waals surface area (Å²) in [4.78, 5) is 11.4. The Kier molecular flexibility index (Phi) is 5.49. The highest BCUT2D eigenvalue weighted by Gasteiger charge is 2.09. The molecule has 4 heteroatoms. The average molecular weight is 250 g/mol. The van der Waals surface area contributed by atoms with Crippen molar-refractivity contribution in [3.8, 4) is 5.75 Å². The number of carbonyl (C=O) groups is 1. The predicted molar refractivity (Wildman–Crippen MR) is 72.8 cm³/mol. The lowest BCUT2D eigenvalue weighted by Crippen LogP contribution is -2.36. The van der Waals surface area contributed by atoms with Crippen molar-refractivity contribution < 1.29 is 9.53 Å². The molecule has 4 nitrogen and oxygen atoms in total. The van der Waals surface area contributed by atoms with Crippen molar-refractivity contribution in [2.75, 3.05) is 6.54 Å². The van der Waals surface area contributed by atoms with Crippen LogP contribution in [-0.2, 0) is 0 Å². The Morgan fingerprint density at radius 2 is 2.06 bits per heavy atom. The fourth-order valence-corrected chi connectivity index (χ4v) is 1.62. The normalized spacial score (nSPS) is 12.1. The zero-order valence-corrected chi connectivity index (χ0v) is 11.5. The van der Waals surface area contributed by atoms with Gasteiger partial charge in [0.25, 0.3) is 0 Å². The van der Waals surface area contributed by atoms with Crippen LogP contribution in [0.5, 0.6) is 5.75 Å². The molecule has 0 saturated heterocycles. The number of hydrogen-bond donors (Lipinski definition) is 2. The molecule has 0 fully saturated rings. The maximum absolute atomic E-state index is 11.4. The standard InChI is InChI=1S/C14H22N2O2/c1-5-15-14(17)16-11(4)12-7-6-8-13(9-12)18-10(2)3/h6-11H,5H2,1-4H3,(H2,15,16,17). The lowest BCUT2D eigenvalue weighted by Gasteiger charge is -2.16. The van der Waals surface area contributed by atoms with Crippen molar-refractivity contribution in [1.82, 2.24) is 10.6 Å². The third kappa shape index (κ3) is 4.65. The first-order chi connectivity index (χ1) is 8.52. The largest absolute Gasteiger partial charge is 0.491 e. The molecule has 2 N–H and O–H groups in total. The lowest BCUT2D eigenvalue weighted by atomic mass is 10.1. The van der Waals surface area contributed by atoms with Crippen LogP contribution in [0.1, 0.15) is 39.3 Å². The van der Waals surface area contributed by atoms with E-state index in [1.165, 1.54) is 0 Å². The smallest absolute Gasteiger partial charge is 0.315 e. The van der Waals surface area contributed by atoms with Crippen molar-refractivity contribution in [2.45, 2.75) is 39.8 Å². The molecule has 0 aliphatic heterocycles. The molecule has 1 aromatic carbocycles. The summed E-state index contributed by atoms with van der Waals surface area (Å²) in [6.07, 6.45) is 0.145. The van der Waals surface area contributed by atoms with E-state index in [1.807, 2.05) is 52.0 Å². The first-order valence-corrected chi connectivity index (χ1v) is 6.34. The van der Waals surface area contributed by atoms with E-state index in [9.17, 15) is 4.79 Å². The van der Waals surface area contributed by atoms with E-state index in [2.05, 4.69) is 10.6 Å². The van der Waals surface area contributed by atoms with E-state index in [0.717, 1.165) is 11.3 Å². The molecule has 100 valence electrons. The number of urea groups is 1. The van der Waals surface area contributed by atoms with Crippen LogP contribution in [0.3, 0.4) is 0 Å². The van der Waals surface area contributed by atoms with Gasteiger partial charge in [0.05, 0.1) is 12.1 Å². The molecule has 1 unspecified atom stereocenters. The number of benzene rings is 1. The van der Waals surface area contributed by atoms with Gasteiger partial charge < -0.3 is 15.4 Å². The van der Waals surface area contributed by atoms with E-state index in [4.69, 9.17) is 4.74 Å². The molecule has 1 aromatic rings. The molecule has 18 heavy (non-hydrogen) atoms. The second-order valence-corrected chi connectivity index (χ2v) is 4.46. The number of ether oxygens (including phenoxy) is 1. The highest BCUT2D eigenvalue weighted by atomic mass is 16.5. The van der Waals surface area contributed by atoms with Gasteiger partial charge in [0.1, 0.15) is 5.75 Å². The third-order valence-corrected chi connectivity index (χ3v) is 2.41. The molecule has 0 saturated carbocycles. The molecular formula is C14H22N2O2. The summed E-state index contributed by atoms with van der Waals surface area (Å²) in [5.41, 5.74) is 1.03. The van der Waals surface area contributed by atoms with Crippen LogP contribution in [0.2, 0.25) is 0 Å². The zero-order chi connectivity index (χ0) is 13.5. The van der Waals surface area contributed by atoms with Gasteiger partial charge in [-0.3, -0.25) is 0 Å². The summed E-state index contributed by atoms with van der Waals surface area (Å²) >= 11 is 0. The van der Waals surface area contributed by atoms with E-state index < -0.39 is 0 Å². The first-order valence-electron chi connectivity index (χ1n) is 6.34. The Morgan fingerprint density at radius 1 is 1.33 bits per heavy atom. The Bertz CT molecular complexity index is 391. The summed E-state index contributed by atoms with van der Waals surface area (Å²) < 4.78 is 5.63. The molecule has 0 spiro atoms. The zero-order valence-electron chi connectivity index (χ0n) is 11.5. The quantitative estimate of drug-likeness (QED) is 0.844. The first kappa shape index (κ1) is 14.4. The highest BCUT2D eigenvalue weighted by Crippen LogP contribution is 2.19. The van der Waals surface area contributed by atoms with Gasteiger partial charge in [-0.05, 0) is 45.4 Å². The molecule has 0 aliphatic rings. The van der Waals surface area contributed by atoms with E-state index in [-0.39, 0.29) is 18.2 Å². The SMILES string of the molecule is CCNC(=O)NC(C)c1cccc(OC(C)C)c1. The summed E-state index contributed by atoms with van der Waals surface area (Å²) in [7, 11) is 0.